The normalized spacial score (nSPS) is 9.89. The summed E-state index contributed by atoms with van der Waals surface area (Å²) in [4.78, 5) is 19.8. The van der Waals surface area contributed by atoms with E-state index < -0.39 is 18.4 Å². The number of carboxylic acids is 1. The average molecular weight is 130 g/mol. The molecule has 50 valence electrons. The smallest absolute Gasteiger partial charge is 0.328 e. The van der Waals surface area contributed by atoms with Crippen LogP contribution in [-0.4, -0.2) is 28.6 Å². The minimum absolute atomic E-state index is 0.614. The minimum Gasteiger partial charge on any atom is -0.478 e. The Morgan fingerprint density at radius 1 is 1.33 bits per heavy atom. The highest BCUT2D eigenvalue weighted by Crippen LogP contribution is 1.74. The van der Waals surface area contributed by atoms with E-state index >= 15 is 0 Å². The van der Waals surface area contributed by atoms with E-state index in [9.17, 15) is 9.59 Å². The molecule has 0 fully saturated rings. The van der Waals surface area contributed by atoms with Crippen molar-refractivity contribution in [1.82, 2.24) is 0 Å². The van der Waals surface area contributed by atoms with Gasteiger partial charge < -0.3 is 10.2 Å². The van der Waals surface area contributed by atoms with Crippen LogP contribution in [0.25, 0.3) is 0 Å². The number of carboxylic acid groups (broad SMARTS) is 1. The van der Waals surface area contributed by atoms with Crippen molar-refractivity contribution < 1.29 is 19.8 Å². The van der Waals surface area contributed by atoms with Gasteiger partial charge in [0.15, 0.2) is 5.78 Å². The Balaban J connectivity index is 3.71. The molecule has 0 atom stereocenters. The first-order valence-electron chi connectivity index (χ1n) is 2.21. The van der Waals surface area contributed by atoms with Crippen molar-refractivity contribution in [3.8, 4) is 0 Å². The van der Waals surface area contributed by atoms with Crippen molar-refractivity contribution in [3.63, 3.8) is 0 Å². The highest BCUT2D eigenvalue weighted by molar-refractivity contribution is 5.95. The van der Waals surface area contributed by atoms with Gasteiger partial charge in [-0.15, -0.1) is 0 Å². The van der Waals surface area contributed by atoms with Crippen LogP contribution in [0.5, 0.6) is 0 Å². The van der Waals surface area contributed by atoms with Crippen molar-refractivity contribution in [2.24, 2.45) is 0 Å². The van der Waals surface area contributed by atoms with Gasteiger partial charge in [0, 0.05) is 6.08 Å². The number of rotatable bonds is 3. The van der Waals surface area contributed by atoms with Crippen molar-refractivity contribution in [2.45, 2.75) is 0 Å². The molecule has 9 heavy (non-hydrogen) atoms. The van der Waals surface area contributed by atoms with Crippen molar-refractivity contribution in [2.75, 3.05) is 6.61 Å². The van der Waals surface area contributed by atoms with Crippen LogP contribution in [0.3, 0.4) is 0 Å². The fourth-order valence-corrected chi connectivity index (χ4v) is 0.217. The number of hydrogen-bond acceptors (Lipinski definition) is 3. The summed E-state index contributed by atoms with van der Waals surface area (Å²) in [5, 5.41) is 16.0. The number of hydrogen-bond donors (Lipinski definition) is 2. The Hall–Kier alpha value is -1.16. The lowest BCUT2D eigenvalue weighted by atomic mass is 10.4. The van der Waals surface area contributed by atoms with Gasteiger partial charge in [0.05, 0.1) is 0 Å². The summed E-state index contributed by atoms with van der Waals surface area (Å²) in [6, 6.07) is 0. The van der Waals surface area contributed by atoms with Crippen molar-refractivity contribution in [1.29, 1.82) is 0 Å². The fourth-order valence-electron chi connectivity index (χ4n) is 0.217. The molecule has 0 heterocycles. The van der Waals surface area contributed by atoms with Gasteiger partial charge >= 0.3 is 5.97 Å². The highest BCUT2D eigenvalue weighted by atomic mass is 16.4. The van der Waals surface area contributed by atoms with Crippen LogP contribution in [-0.2, 0) is 9.59 Å². The second kappa shape index (κ2) is 3.80. The SMILES string of the molecule is O=C(O)C=CC(=O)CO. The quantitative estimate of drug-likeness (QED) is 0.490. The number of aliphatic hydroxyl groups excluding tert-OH is 1. The Morgan fingerprint density at radius 3 is 2.22 bits per heavy atom. The largest absolute Gasteiger partial charge is 0.478 e. The molecular formula is C5H6O4. The summed E-state index contributed by atoms with van der Waals surface area (Å²) < 4.78 is 0. The molecule has 0 amide bonds. The summed E-state index contributed by atoms with van der Waals surface area (Å²) in [7, 11) is 0. The first kappa shape index (κ1) is 7.84. The molecule has 2 N–H and O–H groups in total. The molecule has 0 aromatic heterocycles. The van der Waals surface area contributed by atoms with Crippen molar-refractivity contribution in [3.05, 3.63) is 12.2 Å². The standard InChI is InChI=1S/C5H6O4/c6-3-4(7)1-2-5(8)9/h1-2,6H,3H2,(H,8,9). The molecule has 0 saturated carbocycles. The van der Waals surface area contributed by atoms with E-state index in [4.69, 9.17) is 10.2 Å². The summed E-state index contributed by atoms with van der Waals surface area (Å²) in [5.74, 6) is -1.81. The lowest BCUT2D eigenvalue weighted by molar-refractivity contribution is -0.131. The lowest BCUT2D eigenvalue weighted by Gasteiger charge is -1.80. The van der Waals surface area contributed by atoms with Gasteiger partial charge in [-0.2, -0.15) is 0 Å². The van der Waals surface area contributed by atoms with Crippen LogP contribution < -0.4 is 0 Å². The molecule has 4 nitrogen and oxygen atoms in total. The first-order chi connectivity index (χ1) is 4.16. The third-order valence-corrected chi connectivity index (χ3v) is 0.568. The number of aliphatic hydroxyl groups is 1. The van der Waals surface area contributed by atoms with Gasteiger partial charge in [-0.3, -0.25) is 4.79 Å². The van der Waals surface area contributed by atoms with E-state index in [1.54, 1.807) is 0 Å². The molecule has 4 heteroatoms. The number of carbonyl (C=O) groups is 2. The second-order valence-electron chi connectivity index (χ2n) is 1.30. The molecule has 0 aliphatic rings. The molecule has 0 unspecified atom stereocenters. The summed E-state index contributed by atoms with van der Waals surface area (Å²) in [6.45, 7) is -0.649. The predicted octanol–water partition coefficient (Wildman–Crippen LogP) is -0.811. The Bertz CT molecular complexity index is 147. The van der Waals surface area contributed by atoms with Crippen LogP contribution in [0.4, 0.5) is 0 Å². The third-order valence-electron chi connectivity index (χ3n) is 0.568. The molecule has 0 aliphatic carbocycles. The van der Waals surface area contributed by atoms with Gasteiger partial charge in [0.1, 0.15) is 6.61 Å². The van der Waals surface area contributed by atoms with Crippen LogP contribution in [0.2, 0.25) is 0 Å². The molecule has 0 rings (SSSR count). The summed E-state index contributed by atoms with van der Waals surface area (Å²) in [6.07, 6.45) is 1.49. The summed E-state index contributed by atoms with van der Waals surface area (Å²) in [5.41, 5.74) is 0. The first-order valence-corrected chi connectivity index (χ1v) is 2.21. The van der Waals surface area contributed by atoms with Crippen LogP contribution in [0.1, 0.15) is 0 Å². The van der Waals surface area contributed by atoms with E-state index in [1.807, 2.05) is 0 Å². The van der Waals surface area contributed by atoms with Crippen LogP contribution >= 0.6 is 0 Å². The zero-order chi connectivity index (χ0) is 7.28. The monoisotopic (exact) mass is 130 g/mol. The molecule has 0 aliphatic heterocycles. The maximum absolute atomic E-state index is 10.1. The number of carbonyl (C=O) groups excluding carboxylic acids is 1. The zero-order valence-corrected chi connectivity index (χ0v) is 4.57. The van der Waals surface area contributed by atoms with Gasteiger partial charge in [-0.1, -0.05) is 0 Å². The lowest BCUT2D eigenvalue weighted by Crippen LogP contribution is -1.99. The topological polar surface area (TPSA) is 74.6 Å². The molecule has 0 aromatic rings. The Kier molecular flexibility index (Phi) is 3.31. The summed E-state index contributed by atoms with van der Waals surface area (Å²) >= 11 is 0. The molecule has 0 bridgehead atoms. The minimum atomic E-state index is -1.20. The van der Waals surface area contributed by atoms with E-state index in [0.717, 1.165) is 6.08 Å². The molecule has 0 saturated heterocycles. The van der Waals surface area contributed by atoms with Gasteiger partial charge in [0.2, 0.25) is 0 Å². The predicted molar refractivity (Wildman–Crippen MR) is 28.9 cm³/mol. The van der Waals surface area contributed by atoms with E-state index in [2.05, 4.69) is 0 Å². The maximum atomic E-state index is 10.1. The maximum Gasteiger partial charge on any atom is 0.328 e. The Labute approximate surface area is 51.4 Å². The van der Waals surface area contributed by atoms with Gasteiger partial charge in [-0.05, 0) is 6.08 Å². The van der Waals surface area contributed by atoms with E-state index in [1.165, 1.54) is 0 Å². The number of ketones is 1. The molecule has 0 spiro atoms. The van der Waals surface area contributed by atoms with Gasteiger partial charge in [-0.25, -0.2) is 4.79 Å². The van der Waals surface area contributed by atoms with E-state index in [0.29, 0.717) is 6.08 Å². The highest BCUT2D eigenvalue weighted by Gasteiger charge is 1.91. The Morgan fingerprint density at radius 2 is 1.89 bits per heavy atom. The van der Waals surface area contributed by atoms with Crippen molar-refractivity contribution >= 4 is 11.8 Å². The molecule has 0 aromatic carbocycles. The van der Waals surface area contributed by atoms with Crippen LogP contribution in [0, 0.1) is 0 Å². The van der Waals surface area contributed by atoms with E-state index in [-0.39, 0.29) is 0 Å². The van der Waals surface area contributed by atoms with Crippen LogP contribution in [0.15, 0.2) is 12.2 Å². The number of aliphatic carboxylic acids is 1. The zero-order valence-electron chi connectivity index (χ0n) is 4.57. The second-order valence-corrected chi connectivity index (χ2v) is 1.30. The average Bonchev–Trinajstić information content (AvgIpc) is 1.83. The molecular weight excluding hydrogens is 124 g/mol. The third kappa shape index (κ3) is 4.70. The fraction of sp³-hybridized carbons (Fsp3) is 0.200. The van der Waals surface area contributed by atoms with Gasteiger partial charge in [0.25, 0.3) is 0 Å². The molecule has 0 radical (unpaired) electrons.